The van der Waals surface area contributed by atoms with Crippen LogP contribution >= 0.6 is 0 Å². The van der Waals surface area contributed by atoms with Crippen molar-refractivity contribution in [3.8, 4) is 0 Å². The molecule has 0 bridgehead atoms. The number of benzene rings is 1. The molecule has 0 aliphatic carbocycles. The minimum Gasteiger partial charge on any atom is -0.337 e. The van der Waals surface area contributed by atoms with Gasteiger partial charge in [0.2, 0.25) is 0 Å². The Kier molecular flexibility index (Phi) is 3.61. The van der Waals surface area contributed by atoms with E-state index >= 15 is 0 Å². The molecule has 2 rings (SSSR count). The topological polar surface area (TPSA) is 23.6 Å². The number of hydrogen-bond acceptors (Lipinski definition) is 2. The Morgan fingerprint density at radius 3 is 2.67 bits per heavy atom. The van der Waals surface area contributed by atoms with E-state index in [4.69, 9.17) is 0 Å². The average Bonchev–Trinajstić information content (AvgIpc) is 2.77. The highest BCUT2D eigenvalue weighted by atomic mass is 19.1. The molecular weight excluding hydrogens is 238 g/mol. The highest BCUT2D eigenvalue weighted by molar-refractivity contribution is 5.94. The van der Waals surface area contributed by atoms with Crippen molar-refractivity contribution in [3.05, 3.63) is 35.4 Å². The van der Waals surface area contributed by atoms with Crippen molar-refractivity contribution in [2.24, 2.45) is 0 Å². The van der Waals surface area contributed by atoms with Gasteiger partial charge in [-0.1, -0.05) is 0 Å². The zero-order valence-electron chi connectivity index (χ0n) is 10.5. The Balaban J connectivity index is 2.13. The number of carbonyl (C=O) groups excluding carboxylic acids is 1. The molecule has 0 radical (unpaired) electrons. The summed E-state index contributed by atoms with van der Waals surface area (Å²) in [4.78, 5) is 15.8. The fourth-order valence-corrected chi connectivity index (χ4v) is 2.18. The highest BCUT2D eigenvalue weighted by Gasteiger charge is 2.29. The third-order valence-electron chi connectivity index (χ3n) is 3.34. The number of likely N-dealkylation sites (tertiary alicyclic amines) is 1. The summed E-state index contributed by atoms with van der Waals surface area (Å²) in [7, 11) is 3.91. The van der Waals surface area contributed by atoms with Gasteiger partial charge in [0.25, 0.3) is 5.91 Å². The van der Waals surface area contributed by atoms with E-state index in [9.17, 15) is 13.6 Å². The molecule has 98 valence electrons. The lowest BCUT2D eigenvalue weighted by molar-refractivity contribution is 0.0778. The van der Waals surface area contributed by atoms with Crippen molar-refractivity contribution in [3.63, 3.8) is 0 Å². The van der Waals surface area contributed by atoms with E-state index in [1.54, 1.807) is 4.90 Å². The number of rotatable bonds is 2. The van der Waals surface area contributed by atoms with Crippen LogP contribution in [0.4, 0.5) is 8.78 Å². The van der Waals surface area contributed by atoms with Crippen molar-refractivity contribution in [1.29, 1.82) is 0 Å². The third-order valence-corrected chi connectivity index (χ3v) is 3.34. The molecule has 5 heteroatoms. The zero-order chi connectivity index (χ0) is 13.3. The van der Waals surface area contributed by atoms with Crippen LogP contribution in [-0.2, 0) is 0 Å². The lowest BCUT2D eigenvalue weighted by atomic mass is 10.2. The largest absolute Gasteiger partial charge is 0.337 e. The molecule has 1 unspecified atom stereocenters. The van der Waals surface area contributed by atoms with Crippen LogP contribution in [0.3, 0.4) is 0 Å². The van der Waals surface area contributed by atoms with Gasteiger partial charge in [-0.3, -0.25) is 4.79 Å². The first kappa shape index (κ1) is 13.0. The second-order valence-corrected chi connectivity index (χ2v) is 4.78. The summed E-state index contributed by atoms with van der Waals surface area (Å²) in [5, 5.41) is 0. The quantitative estimate of drug-likeness (QED) is 0.802. The molecule has 0 saturated carbocycles. The molecule has 1 aromatic carbocycles. The second-order valence-electron chi connectivity index (χ2n) is 4.78. The van der Waals surface area contributed by atoms with Gasteiger partial charge in [0.1, 0.15) is 11.6 Å². The van der Waals surface area contributed by atoms with Crippen molar-refractivity contribution in [2.45, 2.75) is 12.5 Å². The van der Waals surface area contributed by atoms with Gasteiger partial charge in [0, 0.05) is 25.2 Å². The van der Waals surface area contributed by atoms with Gasteiger partial charge in [-0.25, -0.2) is 8.78 Å². The third kappa shape index (κ3) is 2.51. The summed E-state index contributed by atoms with van der Waals surface area (Å²) in [5.41, 5.74) is -0.0594. The molecule has 18 heavy (non-hydrogen) atoms. The maximum atomic E-state index is 13.5. The molecule has 1 atom stereocenters. The van der Waals surface area contributed by atoms with E-state index < -0.39 is 11.6 Å². The Hall–Kier alpha value is -1.49. The zero-order valence-corrected chi connectivity index (χ0v) is 10.5. The number of nitrogens with zero attached hydrogens (tertiary/aromatic N) is 2. The number of likely N-dealkylation sites (N-methyl/N-ethyl adjacent to an activating group) is 1. The van der Waals surface area contributed by atoms with Crippen LogP contribution in [0.2, 0.25) is 0 Å². The fourth-order valence-electron chi connectivity index (χ4n) is 2.18. The van der Waals surface area contributed by atoms with Gasteiger partial charge >= 0.3 is 0 Å². The Labute approximate surface area is 105 Å². The molecule has 1 fully saturated rings. The Morgan fingerprint density at radius 2 is 2.11 bits per heavy atom. The SMILES string of the molecule is CN(C)C1CCN(C(=O)c2ccc(F)cc2F)C1. The van der Waals surface area contributed by atoms with Gasteiger partial charge in [0.15, 0.2) is 0 Å². The number of amides is 1. The van der Waals surface area contributed by atoms with E-state index in [0.717, 1.165) is 18.6 Å². The number of halogens is 2. The Morgan fingerprint density at radius 1 is 1.39 bits per heavy atom. The second kappa shape index (κ2) is 5.02. The minimum absolute atomic E-state index is 0.0594. The summed E-state index contributed by atoms with van der Waals surface area (Å²) in [6.45, 7) is 1.20. The van der Waals surface area contributed by atoms with Gasteiger partial charge in [-0.2, -0.15) is 0 Å². The predicted molar refractivity (Wildman–Crippen MR) is 64.4 cm³/mol. The molecule has 0 aromatic heterocycles. The standard InChI is InChI=1S/C13H16F2N2O/c1-16(2)10-5-6-17(8-10)13(18)11-4-3-9(14)7-12(11)15/h3-4,7,10H,5-6,8H2,1-2H3. The summed E-state index contributed by atoms with van der Waals surface area (Å²) in [6.07, 6.45) is 0.877. The molecule has 1 amide bonds. The maximum absolute atomic E-state index is 13.5. The molecule has 1 saturated heterocycles. The van der Waals surface area contributed by atoms with Gasteiger partial charge in [0.05, 0.1) is 5.56 Å². The summed E-state index contributed by atoms with van der Waals surface area (Å²) in [6, 6.07) is 3.36. The summed E-state index contributed by atoms with van der Waals surface area (Å²) in [5.74, 6) is -1.83. The van der Waals surface area contributed by atoms with Crippen LogP contribution in [0.15, 0.2) is 18.2 Å². The smallest absolute Gasteiger partial charge is 0.256 e. The van der Waals surface area contributed by atoms with Gasteiger partial charge in [-0.15, -0.1) is 0 Å². The minimum atomic E-state index is -0.798. The maximum Gasteiger partial charge on any atom is 0.256 e. The normalized spacial score (nSPS) is 19.6. The van der Waals surface area contributed by atoms with Crippen LogP contribution in [0.1, 0.15) is 16.8 Å². The van der Waals surface area contributed by atoms with Crippen molar-refractivity contribution < 1.29 is 13.6 Å². The van der Waals surface area contributed by atoms with Crippen LogP contribution in [0.25, 0.3) is 0 Å². The first-order valence-corrected chi connectivity index (χ1v) is 5.90. The van der Waals surface area contributed by atoms with E-state index in [1.807, 2.05) is 19.0 Å². The van der Waals surface area contributed by atoms with E-state index in [2.05, 4.69) is 0 Å². The van der Waals surface area contributed by atoms with Crippen molar-refractivity contribution in [1.82, 2.24) is 9.80 Å². The fraction of sp³-hybridized carbons (Fsp3) is 0.462. The molecule has 1 aromatic rings. The van der Waals surface area contributed by atoms with E-state index in [0.29, 0.717) is 19.1 Å². The lowest BCUT2D eigenvalue weighted by Gasteiger charge is -2.20. The average molecular weight is 254 g/mol. The van der Waals surface area contributed by atoms with E-state index in [1.165, 1.54) is 6.07 Å². The molecule has 1 aliphatic heterocycles. The number of hydrogen-bond donors (Lipinski definition) is 0. The van der Waals surface area contributed by atoms with Gasteiger partial charge in [-0.05, 0) is 32.6 Å². The van der Waals surface area contributed by atoms with Crippen LogP contribution in [0.5, 0.6) is 0 Å². The first-order valence-electron chi connectivity index (χ1n) is 5.90. The molecule has 3 nitrogen and oxygen atoms in total. The first-order chi connectivity index (χ1) is 8.49. The van der Waals surface area contributed by atoms with Crippen molar-refractivity contribution >= 4 is 5.91 Å². The van der Waals surface area contributed by atoms with Crippen LogP contribution in [0, 0.1) is 11.6 Å². The lowest BCUT2D eigenvalue weighted by Crippen LogP contribution is -2.34. The van der Waals surface area contributed by atoms with Gasteiger partial charge < -0.3 is 9.80 Å². The van der Waals surface area contributed by atoms with Crippen LogP contribution in [-0.4, -0.2) is 48.9 Å². The highest BCUT2D eigenvalue weighted by Crippen LogP contribution is 2.18. The predicted octanol–water partition coefficient (Wildman–Crippen LogP) is 1.74. The van der Waals surface area contributed by atoms with E-state index in [-0.39, 0.29) is 11.5 Å². The molecule has 0 spiro atoms. The molecule has 1 aliphatic rings. The molecule has 0 N–H and O–H groups in total. The summed E-state index contributed by atoms with van der Waals surface area (Å²) < 4.78 is 26.3. The Bertz CT molecular complexity index is 462. The van der Waals surface area contributed by atoms with Crippen molar-refractivity contribution in [2.75, 3.05) is 27.2 Å². The number of carbonyl (C=O) groups is 1. The van der Waals surface area contributed by atoms with Crippen LogP contribution < -0.4 is 0 Å². The monoisotopic (exact) mass is 254 g/mol. The molecule has 1 heterocycles. The molecular formula is C13H16F2N2O. The summed E-state index contributed by atoms with van der Waals surface area (Å²) >= 11 is 0.